The topological polar surface area (TPSA) is 84.9 Å². The van der Waals surface area contributed by atoms with Crippen molar-refractivity contribution in [1.82, 2.24) is 10.2 Å². The van der Waals surface area contributed by atoms with Crippen molar-refractivity contribution in [3.05, 3.63) is 24.8 Å². The summed E-state index contributed by atoms with van der Waals surface area (Å²) in [4.78, 5) is 37.6. The summed E-state index contributed by atoms with van der Waals surface area (Å²) in [6.45, 7) is 14.1. The number of carbonyl (C=O) groups excluding carboxylic acids is 3. The Labute approximate surface area is 149 Å². The minimum Gasteiger partial charge on any atom is -0.444 e. The smallest absolute Gasteiger partial charge is 0.417 e. The Morgan fingerprint density at radius 2 is 1.80 bits per heavy atom. The van der Waals surface area contributed by atoms with Crippen LogP contribution in [0.2, 0.25) is 0 Å². The van der Waals surface area contributed by atoms with E-state index in [1.165, 1.54) is 6.08 Å². The summed E-state index contributed by atoms with van der Waals surface area (Å²) in [5, 5.41) is 2.70. The van der Waals surface area contributed by atoms with Gasteiger partial charge in [-0.05, 0) is 48.0 Å². The molecule has 0 aromatic carbocycles. The third-order valence-electron chi connectivity index (χ3n) is 3.10. The third kappa shape index (κ3) is 6.60. The first-order valence-corrected chi connectivity index (χ1v) is 8.19. The van der Waals surface area contributed by atoms with E-state index in [9.17, 15) is 14.4 Å². The number of nitrogens with one attached hydrogen (secondary N) is 1. The molecule has 1 aliphatic heterocycles. The van der Waals surface area contributed by atoms with Crippen molar-refractivity contribution in [3.63, 3.8) is 0 Å². The SMILES string of the molecule is C=CC[C@@H](NC(=O)OC(C)(C)C)[C@H]1C=CC(=O)N1C(=O)OC(C)(C)C. The number of rotatable bonds is 4. The summed E-state index contributed by atoms with van der Waals surface area (Å²) in [7, 11) is 0. The average molecular weight is 352 g/mol. The lowest BCUT2D eigenvalue weighted by atomic mass is 10.0. The molecule has 140 valence electrons. The Hall–Kier alpha value is -2.31. The normalized spacial score (nSPS) is 18.7. The monoisotopic (exact) mass is 352 g/mol. The van der Waals surface area contributed by atoms with Crippen molar-refractivity contribution >= 4 is 18.1 Å². The first-order valence-electron chi connectivity index (χ1n) is 8.19. The fourth-order valence-electron chi connectivity index (χ4n) is 2.25. The van der Waals surface area contributed by atoms with Crippen molar-refractivity contribution < 1.29 is 23.9 Å². The lowest BCUT2D eigenvalue weighted by Crippen LogP contribution is -2.53. The standard InChI is InChI=1S/C18H28N2O5/c1-8-9-12(19-15(22)24-17(2,3)4)13-10-11-14(21)20(13)16(23)25-18(5,6)7/h8,10-13H,1,9H2,2-7H3,(H,19,22)/t12-,13-/m1/s1. The van der Waals surface area contributed by atoms with Gasteiger partial charge in [0.05, 0.1) is 12.1 Å². The molecule has 0 spiro atoms. The van der Waals surface area contributed by atoms with E-state index >= 15 is 0 Å². The molecule has 3 amide bonds. The van der Waals surface area contributed by atoms with Crippen LogP contribution in [0.15, 0.2) is 24.8 Å². The molecule has 0 aromatic heterocycles. The van der Waals surface area contributed by atoms with Crippen LogP contribution in [0.1, 0.15) is 48.0 Å². The van der Waals surface area contributed by atoms with E-state index in [0.717, 1.165) is 4.90 Å². The van der Waals surface area contributed by atoms with Crippen LogP contribution in [0.25, 0.3) is 0 Å². The van der Waals surface area contributed by atoms with Crippen LogP contribution in [0, 0.1) is 0 Å². The molecule has 0 unspecified atom stereocenters. The molecule has 0 saturated heterocycles. The van der Waals surface area contributed by atoms with Crippen molar-refractivity contribution in [3.8, 4) is 0 Å². The molecular weight excluding hydrogens is 324 g/mol. The number of amides is 3. The van der Waals surface area contributed by atoms with Gasteiger partial charge in [-0.15, -0.1) is 6.58 Å². The molecule has 1 heterocycles. The van der Waals surface area contributed by atoms with Crippen molar-refractivity contribution in [1.29, 1.82) is 0 Å². The van der Waals surface area contributed by atoms with Crippen molar-refractivity contribution in [2.75, 3.05) is 0 Å². The summed E-state index contributed by atoms with van der Waals surface area (Å²) < 4.78 is 10.5. The molecule has 7 heteroatoms. The summed E-state index contributed by atoms with van der Waals surface area (Å²) in [5.41, 5.74) is -1.40. The summed E-state index contributed by atoms with van der Waals surface area (Å²) in [6.07, 6.45) is 3.43. The second-order valence-electron chi connectivity index (χ2n) is 7.82. The van der Waals surface area contributed by atoms with Gasteiger partial charge in [0.1, 0.15) is 11.2 Å². The highest BCUT2D eigenvalue weighted by Crippen LogP contribution is 2.21. The van der Waals surface area contributed by atoms with Gasteiger partial charge >= 0.3 is 12.2 Å². The second-order valence-corrected chi connectivity index (χ2v) is 7.82. The Morgan fingerprint density at radius 1 is 1.24 bits per heavy atom. The molecule has 0 fully saturated rings. The van der Waals surface area contributed by atoms with Gasteiger partial charge < -0.3 is 14.8 Å². The van der Waals surface area contributed by atoms with Gasteiger partial charge in [-0.25, -0.2) is 14.5 Å². The van der Waals surface area contributed by atoms with E-state index in [-0.39, 0.29) is 0 Å². The van der Waals surface area contributed by atoms with Crippen molar-refractivity contribution in [2.24, 2.45) is 0 Å². The van der Waals surface area contributed by atoms with Crippen LogP contribution >= 0.6 is 0 Å². The maximum atomic E-state index is 12.4. The maximum Gasteiger partial charge on any atom is 0.417 e. The molecule has 0 radical (unpaired) electrons. The number of hydrogen-bond donors (Lipinski definition) is 1. The zero-order valence-electron chi connectivity index (χ0n) is 15.8. The molecule has 2 atom stereocenters. The van der Waals surface area contributed by atoms with Gasteiger partial charge in [0.2, 0.25) is 0 Å². The number of imide groups is 1. The summed E-state index contributed by atoms with van der Waals surface area (Å²) >= 11 is 0. The zero-order chi connectivity index (χ0) is 19.4. The highest BCUT2D eigenvalue weighted by molar-refractivity contribution is 6.01. The zero-order valence-corrected chi connectivity index (χ0v) is 15.8. The quantitative estimate of drug-likeness (QED) is 0.786. The lowest BCUT2D eigenvalue weighted by Gasteiger charge is -2.32. The minimum atomic E-state index is -0.757. The van der Waals surface area contributed by atoms with Gasteiger partial charge in [-0.1, -0.05) is 12.2 Å². The summed E-state index contributed by atoms with van der Waals surface area (Å²) in [6, 6.07) is -1.24. The van der Waals surface area contributed by atoms with Crippen LogP contribution in [0.4, 0.5) is 9.59 Å². The molecule has 0 saturated carbocycles. The average Bonchev–Trinajstić information content (AvgIpc) is 2.75. The first kappa shape index (κ1) is 20.7. The van der Waals surface area contributed by atoms with Gasteiger partial charge in [-0.3, -0.25) is 4.79 Å². The van der Waals surface area contributed by atoms with Crippen LogP contribution in [-0.4, -0.2) is 46.3 Å². The maximum absolute atomic E-state index is 12.4. The van der Waals surface area contributed by atoms with E-state index in [4.69, 9.17) is 9.47 Å². The van der Waals surface area contributed by atoms with Gasteiger partial charge in [0.25, 0.3) is 5.91 Å². The second kappa shape index (κ2) is 7.72. The fourth-order valence-corrected chi connectivity index (χ4v) is 2.25. The third-order valence-corrected chi connectivity index (χ3v) is 3.10. The summed E-state index contributed by atoms with van der Waals surface area (Å²) in [5.74, 6) is -0.487. The number of alkyl carbamates (subject to hydrolysis) is 1. The lowest BCUT2D eigenvalue weighted by molar-refractivity contribution is -0.125. The molecule has 0 bridgehead atoms. The Balaban J connectivity index is 2.94. The van der Waals surface area contributed by atoms with E-state index in [0.29, 0.717) is 6.42 Å². The predicted octanol–water partition coefficient (Wildman–Crippen LogP) is 3.16. The van der Waals surface area contributed by atoms with E-state index in [1.807, 2.05) is 0 Å². The Kier molecular flexibility index (Phi) is 6.40. The molecular formula is C18H28N2O5. The molecule has 1 aliphatic rings. The number of carbonyl (C=O) groups is 3. The highest BCUT2D eigenvalue weighted by Gasteiger charge is 2.39. The Bertz CT molecular complexity index is 569. The fraction of sp³-hybridized carbons (Fsp3) is 0.611. The van der Waals surface area contributed by atoms with Crippen LogP contribution in [-0.2, 0) is 14.3 Å². The first-order chi connectivity index (χ1) is 11.3. The van der Waals surface area contributed by atoms with Crippen LogP contribution in [0.3, 0.4) is 0 Å². The Morgan fingerprint density at radius 3 is 2.28 bits per heavy atom. The predicted molar refractivity (Wildman–Crippen MR) is 94.0 cm³/mol. The van der Waals surface area contributed by atoms with E-state index in [1.54, 1.807) is 53.7 Å². The van der Waals surface area contributed by atoms with Crippen LogP contribution < -0.4 is 5.32 Å². The van der Waals surface area contributed by atoms with Crippen LogP contribution in [0.5, 0.6) is 0 Å². The largest absolute Gasteiger partial charge is 0.444 e. The molecule has 0 aromatic rings. The van der Waals surface area contributed by atoms with Crippen molar-refractivity contribution in [2.45, 2.75) is 71.2 Å². The van der Waals surface area contributed by atoms with E-state index < -0.39 is 41.4 Å². The number of nitrogens with zero attached hydrogens (tertiary/aromatic N) is 1. The number of hydrogen-bond acceptors (Lipinski definition) is 5. The highest BCUT2D eigenvalue weighted by atomic mass is 16.6. The molecule has 7 nitrogen and oxygen atoms in total. The van der Waals surface area contributed by atoms with Gasteiger partial charge in [0, 0.05) is 6.08 Å². The van der Waals surface area contributed by atoms with Gasteiger partial charge in [-0.2, -0.15) is 0 Å². The molecule has 0 aliphatic carbocycles. The number of ether oxygens (including phenoxy) is 2. The molecule has 25 heavy (non-hydrogen) atoms. The molecule has 1 N–H and O–H groups in total. The van der Waals surface area contributed by atoms with E-state index in [2.05, 4.69) is 11.9 Å². The minimum absolute atomic E-state index is 0.348. The van der Waals surface area contributed by atoms with Gasteiger partial charge in [0.15, 0.2) is 0 Å². The molecule has 1 rings (SSSR count).